The maximum atomic E-state index is 13.1. The third-order valence-electron chi connectivity index (χ3n) is 6.64. The summed E-state index contributed by atoms with van der Waals surface area (Å²) in [5.74, 6) is -5.72. The molecule has 0 spiro atoms. The summed E-state index contributed by atoms with van der Waals surface area (Å²) in [6.45, 7) is 4.19. The molecule has 0 fully saturated rings. The molecule has 7 amide bonds. The number of hydrogen-bond donors (Lipinski definition) is 10. The Morgan fingerprint density at radius 2 is 1.10 bits per heavy atom. The number of amides is 7. The van der Waals surface area contributed by atoms with Crippen molar-refractivity contribution in [1.29, 1.82) is 0 Å². The normalized spacial score (nSPS) is 10.7. The number of nitrogens with zero attached hydrogens (tertiary/aromatic N) is 1. The van der Waals surface area contributed by atoms with Crippen LogP contribution < -0.4 is 32.4 Å². The van der Waals surface area contributed by atoms with E-state index >= 15 is 0 Å². The molecule has 18 heteroatoms. The lowest BCUT2D eigenvalue weighted by atomic mass is 9.92. The predicted molar refractivity (Wildman–Crippen MR) is 169 cm³/mol. The summed E-state index contributed by atoms with van der Waals surface area (Å²) < 4.78 is 0. The molecule has 2 aromatic carbocycles. The average molecular weight is 688 g/mol. The largest absolute Gasteiger partial charge is 0.507 e. The molecule has 49 heavy (non-hydrogen) atoms. The van der Waals surface area contributed by atoms with Crippen molar-refractivity contribution >= 4 is 41.4 Å². The Morgan fingerprint density at radius 1 is 0.653 bits per heavy atom. The van der Waals surface area contributed by atoms with Crippen LogP contribution in [0, 0.1) is 5.41 Å². The fraction of sp³-hybridized carbons (Fsp3) is 0.387. The van der Waals surface area contributed by atoms with Crippen LogP contribution in [0.25, 0.3) is 0 Å². The number of phenolic OH excluding ortho intramolecular Hbond substituents is 2. The van der Waals surface area contributed by atoms with E-state index in [1.807, 2.05) is 20.8 Å². The van der Waals surface area contributed by atoms with Crippen molar-refractivity contribution in [3.05, 3.63) is 58.7 Å². The van der Waals surface area contributed by atoms with Gasteiger partial charge in [-0.1, -0.05) is 32.9 Å². The van der Waals surface area contributed by atoms with Crippen LogP contribution in [0.3, 0.4) is 0 Å². The molecule has 0 saturated carbocycles. The first-order valence-electron chi connectivity index (χ1n) is 14.9. The van der Waals surface area contributed by atoms with Gasteiger partial charge in [-0.15, -0.1) is 0 Å². The monoisotopic (exact) mass is 687 g/mol. The highest BCUT2D eigenvalue weighted by atomic mass is 16.5. The zero-order valence-corrected chi connectivity index (χ0v) is 27.2. The third kappa shape index (κ3) is 13.9. The van der Waals surface area contributed by atoms with Gasteiger partial charge in [-0.3, -0.25) is 54.8 Å². The standard InChI is InChI=1S/C31H41N7O11/c1-31(2,3)13-25(42)35-34-24(41)5-4-6-28(45)38(16-26(43)32-14-18-7-9-20(22(39)11-18)29(46)36-48)17-27(44)33-15-19-8-10-21(23(40)12-19)30(47)37-49/h7-12,39-40,48-49H,4-6,13-17H2,1-3H3,(H,32,43)(H,33,44)(H,34,41)(H,35,42)(H,36,46)(H,37,47). The summed E-state index contributed by atoms with van der Waals surface area (Å²) in [6, 6.07) is 7.67. The SMILES string of the molecule is CC(C)(C)CC(=O)NNC(=O)CCCC(=O)N(CC(=O)NCc1ccc(C(=O)NO)c(O)c1)CC(=O)NCc1ccc(C(=O)NO)c(O)c1. The Kier molecular flexibility index (Phi) is 14.9. The smallest absolute Gasteiger partial charge is 0.278 e. The number of nitrogens with one attached hydrogen (secondary N) is 6. The minimum atomic E-state index is -0.939. The van der Waals surface area contributed by atoms with Crippen molar-refractivity contribution in [2.75, 3.05) is 13.1 Å². The number of aromatic hydroxyl groups is 2. The Labute approximate surface area is 281 Å². The van der Waals surface area contributed by atoms with Crippen LogP contribution in [0.4, 0.5) is 0 Å². The molecule has 0 unspecified atom stereocenters. The van der Waals surface area contributed by atoms with E-state index < -0.39 is 60.0 Å². The van der Waals surface area contributed by atoms with Crippen LogP contribution in [0.15, 0.2) is 36.4 Å². The lowest BCUT2D eigenvalue weighted by Gasteiger charge is -2.22. The number of rotatable bonds is 15. The number of hydrazine groups is 1. The van der Waals surface area contributed by atoms with Gasteiger partial charge in [-0.2, -0.15) is 0 Å². The van der Waals surface area contributed by atoms with E-state index in [2.05, 4.69) is 21.5 Å². The first-order valence-corrected chi connectivity index (χ1v) is 14.9. The van der Waals surface area contributed by atoms with E-state index in [0.29, 0.717) is 11.1 Å². The number of hydroxylamine groups is 2. The number of carbonyl (C=O) groups is 7. The van der Waals surface area contributed by atoms with Gasteiger partial charge in [0.15, 0.2) is 0 Å². The number of benzene rings is 2. The van der Waals surface area contributed by atoms with Crippen LogP contribution in [-0.4, -0.2) is 80.0 Å². The number of hydrogen-bond acceptors (Lipinski definition) is 11. The minimum Gasteiger partial charge on any atom is -0.507 e. The maximum absolute atomic E-state index is 13.1. The molecular formula is C31H41N7O11. The fourth-order valence-electron chi connectivity index (χ4n) is 4.26. The van der Waals surface area contributed by atoms with Gasteiger partial charge in [0.25, 0.3) is 11.8 Å². The second-order valence-corrected chi connectivity index (χ2v) is 12.1. The van der Waals surface area contributed by atoms with Gasteiger partial charge >= 0.3 is 0 Å². The van der Waals surface area contributed by atoms with E-state index in [0.717, 1.165) is 4.90 Å². The van der Waals surface area contributed by atoms with Gasteiger partial charge in [-0.05, 0) is 47.2 Å². The van der Waals surface area contributed by atoms with Gasteiger partial charge in [-0.25, -0.2) is 11.0 Å². The molecule has 0 bridgehead atoms. The van der Waals surface area contributed by atoms with Gasteiger partial charge in [0.1, 0.15) is 24.6 Å². The molecule has 0 saturated heterocycles. The molecule has 2 rings (SSSR count). The summed E-state index contributed by atoms with van der Waals surface area (Å²) >= 11 is 0. The molecule has 0 heterocycles. The summed E-state index contributed by atoms with van der Waals surface area (Å²) in [7, 11) is 0. The molecule has 0 radical (unpaired) electrons. The minimum absolute atomic E-state index is 0.0274. The van der Waals surface area contributed by atoms with Crippen molar-refractivity contribution in [3.63, 3.8) is 0 Å². The van der Waals surface area contributed by atoms with Gasteiger partial charge < -0.3 is 25.7 Å². The Morgan fingerprint density at radius 3 is 1.51 bits per heavy atom. The van der Waals surface area contributed by atoms with E-state index in [-0.39, 0.29) is 61.2 Å². The van der Waals surface area contributed by atoms with Crippen molar-refractivity contribution in [2.45, 2.75) is 59.5 Å². The zero-order valence-electron chi connectivity index (χ0n) is 27.2. The van der Waals surface area contributed by atoms with Gasteiger partial charge in [0.2, 0.25) is 29.5 Å². The second-order valence-electron chi connectivity index (χ2n) is 12.1. The highest BCUT2D eigenvalue weighted by Crippen LogP contribution is 2.20. The van der Waals surface area contributed by atoms with Gasteiger partial charge in [0.05, 0.1) is 11.1 Å². The predicted octanol–water partition coefficient (Wildman–Crippen LogP) is -0.149. The Bertz CT molecular complexity index is 1470. The summed E-state index contributed by atoms with van der Waals surface area (Å²) in [4.78, 5) is 86.9. The summed E-state index contributed by atoms with van der Waals surface area (Å²) in [5.41, 5.74) is 7.42. The second kappa shape index (κ2) is 18.6. The molecule has 0 atom stereocenters. The van der Waals surface area contributed by atoms with Crippen LogP contribution in [-0.2, 0) is 37.1 Å². The summed E-state index contributed by atoms with van der Waals surface area (Å²) in [6.07, 6.45) is -0.172. The number of carbonyl (C=O) groups excluding carboxylic acids is 7. The van der Waals surface area contributed by atoms with Crippen molar-refractivity contribution < 1.29 is 54.2 Å². The van der Waals surface area contributed by atoms with Crippen molar-refractivity contribution in [3.8, 4) is 11.5 Å². The van der Waals surface area contributed by atoms with Crippen LogP contribution >= 0.6 is 0 Å². The first kappa shape index (κ1) is 39.4. The molecule has 0 aliphatic carbocycles. The third-order valence-corrected chi connectivity index (χ3v) is 6.64. The van der Waals surface area contributed by atoms with E-state index in [1.54, 1.807) is 0 Å². The number of phenols is 2. The molecule has 18 nitrogen and oxygen atoms in total. The van der Waals surface area contributed by atoms with Crippen LogP contribution in [0.5, 0.6) is 11.5 Å². The van der Waals surface area contributed by atoms with Crippen molar-refractivity contribution in [1.82, 2.24) is 37.3 Å². The van der Waals surface area contributed by atoms with E-state index in [9.17, 15) is 43.8 Å². The van der Waals surface area contributed by atoms with E-state index in [4.69, 9.17) is 10.4 Å². The van der Waals surface area contributed by atoms with E-state index in [1.165, 1.54) is 47.4 Å². The molecule has 0 aliphatic heterocycles. The Balaban J connectivity index is 2.02. The first-order chi connectivity index (χ1) is 23.0. The Hall–Kier alpha value is -5.75. The van der Waals surface area contributed by atoms with Crippen LogP contribution in [0.2, 0.25) is 0 Å². The lowest BCUT2D eigenvalue weighted by molar-refractivity contribution is -0.139. The zero-order chi connectivity index (χ0) is 36.7. The quantitative estimate of drug-likeness (QED) is 0.0868. The van der Waals surface area contributed by atoms with Crippen LogP contribution in [0.1, 0.15) is 78.3 Å². The van der Waals surface area contributed by atoms with Crippen molar-refractivity contribution in [2.24, 2.45) is 5.41 Å². The topological polar surface area (TPSA) is 276 Å². The molecule has 0 aromatic heterocycles. The average Bonchev–Trinajstić information content (AvgIpc) is 3.03. The molecule has 10 N–H and O–H groups in total. The highest BCUT2D eigenvalue weighted by Gasteiger charge is 2.22. The summed E-state index contributed by atoms with van der Waals surface area (Å²) in [5, 5.41) is 42.6. The highest BCUT2D eigenvalue weighted by molar-refractivity contribution is 5.96. The molecule has 266 valence electrons. The molecular weight excluding hydrogens is 646 g/mol. The fourth-order valence-corrected chi connectivity index (χ4v) is 4.26. The maximum Gasteiger partial charge on any atom is 0.278 e. The van der Waals surface area contributed by atoms with Gasteiger partial charge in [0, 0.05) is 32.4 Å². The lowest BCUT2D eigenvalue weighted by Crippen LogP contribution is -2.45. The molecule has 0 aliphatic rings. The molecule has 2 aromatic rings.